The molecule has 16 heavy (non-hydrogen) atoms. The predicted molar refractivity (Wildman–Crippen MR) is 67.2 cm³/mol. The van der Waals surface area contributed by atoms with Crippen LogP contribution in [0.15, 0.2) is 18.2 Å². The van der Waals surface area contributed by atoms with Crippen molar-refractivity contribution in [3.8, 4) is 0 Å². The summed E-state index contributed by atoms with van der Waals surface area (Å²) in [6.07, 6.45) is 3.35. The van der Waals surface area contributed by atoms with E-state index in [1.165, 1.54) is 6.07 Å². The molecule has 1 atom stereocenters. The Kier molecular flexibility index (Phi) is 5.78. The lowest BCUT2D eigenvalue weighted by Gasteiger charge is -2.16. The zero-order chi connectivity index (χ0) is 12.0. The molecule has 0 spiro atoms. The Morgan fingerprint density at radius 3 is 2.69 bits per heavy atom. The van der Waals surface area contributed by atoms with Gasteiger partial charge < -0.3 is 5.32 Å². The largest absolute Gasteiger partial charge is 0.310 e. The summed E-state index contributed by atoms with van der Waals surface area (Å²) in [6, 6.07) is 5.30. The zero-order valence-corrected chi connectivity index (χ0v) is 10.6. The Balaban J connectivity index is 2.53. The molecule has 1 N–H and O–H groups in total. The molecule has 0 aliphatic rings. The maximum atomic E-state index is 13.5. The Bertz CT molecular complexity index is 328. The molecular formula is C13H19ClFN. The second-order valence-electron chi connectivity index (χ2n) is 4.01. The van der Waals surface area contributed by atoms with E-state index >= 15 is 0 Å². The first-order valence-corrected chi connectivity index (χ1v) is 6.22. The zero-order valence-electron chi connectivity index (χ0n) is 9.89. The minimum atomic E-state index is -0.230. The first-order valence-electron chi connectivity index (χ1n) is 5.84. The normalized spacial score (nSPS) is 12.8. The number of hydrogen-bond donors (Lipinski definition) is 1. The van der Waals surface area contributed by atoms with Crippen LogP contribution in [0, 0.1) is 5.82 Å². The molecule has 0 saturated heterocycles. The molecule has 1 unspecified atom stereocenters. The van der Waals surface area contributed by atoms with Crippen LogP contribution in [0.2, 0.25) is 5.02 Å². The molecule has 0 aliphatic carbocycles. The van der Waals surface area contributed by atoms with Gasteiger partial charge in [0.05, 0.1) is 0 Å². The van der Waals surface area contributed by atoms with Gasteiger partial charge in [0.15, 0.2) is 0 Å². The lowest BCUT2D eigenvalue weighted by atomic mass is 10.1. The monoisotopic (exact) mass is 243 g/mol. The highest BCUT2D eigenvalue weighted by atomic mass is 35.5. The van der Waals surface area contributed by atoms with Gasteiger partial charge in [-0.15, -0.1) is 0 Å². The fourth-order valence-electron chi connectivity index (χ4n) is 1.72. The van der Waals surface area contributed by atoms with E-state index in [4.69, 9.17) is 11.6 Å². The molecule has 0 aliphatic heterocycles. The summed E-state index contributed by atoms with van der Waals surface area (Å²) in [5.41, 5.74) is 0.680. The van der Waals surface area contributed by atoms with Gasteiger partial charge in [0.1, 0.15) is 5.82 Å². The van der Waals surface area contributed by atoms with Crippen LogP contribution in [0.1, 0.15) is 38.7 Å². The van der Waals surface area contributed by atoms with Crippen molar-refractivity contribution in [3.63, 3.8) is 0 Å². The van der Waals surface area contributed by atoms with Crippen molar-refractivity contribution < 1.29 is 4.39 Å². The van der Waals surface area contributed by atoms with E-state index in [1.54, 1.807) is 12.1 Å². The minimum Gasteiger partial charge on any atom is -0.310 e. The van der Waals surface area contributed by atoms with E-state index in [2.05, 4.69) is 19.2 Å². The lowest BCUT2D eigenvalue weighted by molar-refractivity contribution is 0.455. The molecular weight excluding hydrogens is 225 g/mol. The third kappa shape index (κ3) is 4.11. The van der Waals surface area contributed by atoms with Gasteiger partial charge in [-0.1, -0.05) is 37.9 Å². The van der Waals surface area contributed by atoms with E-state index < -0.39 is 0 Å². The van der Waals surface area contributed by atoms with Crippen molar-refractivity contribution in [2.24, 2.45) is 0 Å². The van der Waals surface area contributed by atoms with Crippen molar-refractivity contribution in [1.82, 2.24) is 5.32 Å². The van der Waals surface area contributed by atoms with E-state index in [0.29, 0.717) is 23.2 Å². The molecule has 0 aromatic heterocycles. The van der Waals surface area contributed by atoms with Crippen molar-refractivity contribution in [1.29, 1.82) is 0 Å². The van der Waals surface area contributed by atoms with Crippen molar-refractivity contribution >= 4 is 11.6 Å². The standard InChI is InChI=1S/C13H19ClFN/c1-3-5-12(4-2)16-9-10-6-7-11(14)8-13(10)15/h6-8,12,16H,3-5,9H2,1-2H3. The summed E-state index contributed by atoms with van der Waals surface area (Å²) < 4.78 is 13.5. The van der Waals surface area contributed by atoms with Gasteiger partial charge in [-0.3, -0.25) is 0 Å². The minimum absolute atomic E-state index is 0.230. The van der Waals surface area contributed by atoms with Crippen LogP contribution in [0.3, 0.4) is 0 Å². The highest BCUT2D eigenvalue weighted by Crippen LogP contribution is 2.15. The summed E-state index contributed by atoms with van der Waals surface area (Å²) in [6.45, 7) is 4.88. The number of nitrogens with one attached hydrogen (secondary N) is 1. The average molecular weight is 244 g/mol. The fraction of sp³-hybridized carbons (Fsp3) is 0.538. The summed E-state index contributed by atoms with van der Waals surface area (Å²) in [5.74, 6) is -0.230. The lowest BCUT2D eigenvalue weighted by Crippen LogP contribution is -2.28. The third-order valence-corrected chi connectivity index (χ3v) is 2.96. The first kappa shape index (κ1) is 13.5. The highest BCUT2D eigenvalue weighted by Gasteiger charge is 2.07. The molecule has 1 nitrogen and oxygen atoms in total. The Labute approximate surface area is 102 Å². The van der Waals surface area contributed by atoms with Gasteiger partial charge in [-0.2, -0.15) is 0 Å². The molecule has 0 fully saturated rings. The smallest absolute Gasteiger partial charge is 0.129 e. The van der Waals surface area contributed by atoms with E-state index in [1.807, 2.05) is 0 Å². The number of benzene rings is 1. The van der Waals surface area contributed by atoms with Gasteiger partial charge in [-0.05, 0) is 25.0 Å². The van der Waals surface area contributed by atoms with E-state index in [9.17, 15) is 4.39 Å². The predicted octanol–water partition coefficient (Wildman–Crippen LogP) is 4.15. The highest BCUT2D eigenvalue weighted by molar-refractivity contribution is 6.30. The van der Waals surface area contributed by atoms with E-state index in [-0.39, 0.29) is 5.82 Å². The maximum Gasteiger partial charge on any atom is 0.129 e. The second kappa shape index (κ2) is 6.87. The van der Waals surface area contributed by atoms with Crippen LogP contribution in [0.25, 0.3) is 0 Å². The van der Waals surface area contributed by atoms with Gasteiger partial charge in [0.25, 0.3) is 0 Å². The van der Waals surface area contributed by atoms with Gasteiger partial charge >= 0.3 is 0 Å². The number of hydrogen-bond acceptors (Lipinski definition) is 1. The van der Waals surface area contributed by atoms with Gasteiger partial charge in [0.2, 0.25) is 0 Å². The topological polar surface area (TPSA) is 12.0 Å². The van der Waals surface area contributed by atoms with Crippen molar-refractivity contribution in [2.75, 3.05) is 0 Å². The van der Waals surface area contributed by atoms with Crippen LogP contribution in [-0.4, -0.2) is 6.04 Å². The first-order chi connectivity index (χ1) is 7.67. The van der Waals surface area contributed by atoms with Crippen LogP contribution in [0.4, 0.5) is 4.39 Å². The maximum absolute atomic E-state index is 13.5. The van der Waals surface area contributed by atoms with Crippen LogP contribution >= 0.6 is 11.6 Å². The molecule has 1 aromatic carbocycles. The molecule has 1 rings (SSSR count). The van der Waals surface area contributed by atoms with Gasteiger partial charge in [0, 0.05) is 23.2 Å². The molecule has 0 radical (unpaired) electrons. The fourth-order valence-corrected chi connectivity index (χ4v) is 1.88. The molecule has 0 heterocycles. The molecule has 0 saturated carbocycles. The Morgan fingerprint density at radius 2 is 2.12 bits per heavy atom. The second-order valence-corrected chi connectivity index (χ2v) is 4.45. The number of halogens is 2. The van der Waals surface area contributed by atoms with Gasteiger partial charge in [-0.25, -0.2) is 4.39 Å². The Hall–Kier alpha value is -0.600. The van der Waals surface area contributed by atoms with Crippen LogP contribution < -0.4 is 5.32 Å². The van der Waals surface area contributed by atoms with Crippen molar-refractivity contribution in [2.45, 2.75) is 45.7 Å². The summed E-state index contributed by atoms with van der Waals surface area (Å²) in [4.78, 5) is 0. The van der Waals surface area contributed by atoms with Crippen LogP contribution in [0.5, 0.6) is 0 Å². The summed E-state index contributed by atoms with van der Waals surface area (Å²) >= 11 is 5.70. The molecule has 1 aromatic rings. The summed E-state index contributed by atoms with van der Waals surface area (Å²) in [7, 11) is 0. The number of rotatable bonds is 6. The molecule has 3 heteroatoms. The SMILES string of the molecule is CCCC(CC)NCc1ccc(Cl)cc1F. The molecule has 90 valence electrons. The quantitative estimate of drug-likeness (QED) is 0.792. The van der Waals surface area contributed by atoms with E-state index in [0.717, 1.165) is 19.3 Å². The Morgan fingerprint density at radius 1 is 1.38 bits per heavy atom. The van der Waals surface area contributed by atoms with Crippen molar-refractivity contribution in [3.05, 3.63) is 34.6 Å². The van der Waals surface area contributed by atoms with Crippen LogP contribution in [-0.2, 0) is 6.54 Å². The molecule has 0 amide bonds. The third-order valence-electron chi connectivity index (χ3n) is 2.73. The summed E-state index contributed by atoms with van der Waals surface area (Å²) in [5, 5.41) is 3.81. The molecule has 0 bridgehead atoms. The average Bonchev–Trinajstić information content (AvgIpc) is 2.26.